The minimum absolute atomic E-state index is 0.179. The zero-order valence-corrected chi connectivity index (χ0v) is 11.2. The summed E-state index contributed by atoms with van der Waals surface area (Å²) in [6.45, 7) is 3.93. The Hall–Kier alpha value is -1.26. The van der Waals surface area contributed by atoms with Crippen molar-refractivity contribution < 1.29 is 14.9 Å². The standard InChI is InChI=1S/C14H23NO3/c1-12-5-6-13(11-14(12)18-2)15(7-3-9-16)8-4-10-17/h5-6,11,16-17H,3-4,7-10H2,1-2H3. The van der Waals surface area contributed by atoms with Crippen LogP contribution in [0.5, 0.6) is 5.75 Å². The van der Waals surface area contributed by atoms with E-state index in [-0.39, 0.29) is 13.2 Å². The highest BCUT2D eigenvalue weighted by Gasteiger charge is 2.08. The van der Waals surface area contributed by atoms with Crippen molar-refractivity contribution >= 4 is 5.69 Å². The summed E-state index contributed by atoms with van der Waals surface area (Å²) in [5, 5.41) is 17.9. The quantitative estimate of drug-likeness (QED) is 0.738. The maximum absolute atomic E-state index is 8.93. The molecule has 4 heteroatoms. The van der Waals surface area contributed by atoms with Crippen molar-refractivity contribution in [2.75, 3.05) is 38.3 Å². The summed E-state index contributed by atoms with van der Waals surface area (Å²) in [5.74, 6) is 0.866. The minimum Gasteiger partial charge on any atom is -0.496 e. The third-order valence-corrected chi connectivity index (χ3v) is 2.93. The molecule has 0 amide bonds. The van der Waals surface area contributed by atoms with Gasteiger partial charge in [-0.1, -0.05) is 6.07 Å². The van der Waals surface area contributed by atoms with Crippen LogP contribution in [0.4, 0.5) is 5.69 Å². The molecule has 0 aliphatic carbocycles. The van der Waals surface area contributed by atoms with Crippen molar-refractivity contribution in [1.29, 1.82) is 0 Å². The van der Waals surface area contributed by atoms with E-state index in [1.807, 2.05) is 25.1 Å². The zero-order valence-electron chi connectivity index (χ0n) is 11.2. The lowest BCUT2D eigenvalue weighted by Gasteiger charge is -2.25. The van der Waals surface area contributed by atoms with Crippen molar-refractivity contribution in [3.8, 4) is 5.75 Å². The Bertz CT molecular complexity index is 347. The van der Waals surface area contributed by atoms with Gasteiger partial charge in [-0.05, 0) is 31.4 Å². The van der Waals surface area contributed by atoms with Crippen LogP contribution in [0, 0.1) is 6.92 Å². The SMILES string of the molecule is COc1cc(N(CCCO)CCCO)ccc1C. The molecule has 1 rings (SSSR count). The summed E-state index contributed by atoms with van der Waals surface area (Å²) < 4.78 is 5.32. The number of aliphatic hydroxyl groups is 2. The van der Waals surface area contributed by atoms with E-state index in [0.717, 1.165) is 42.9 Å². The first-order valence-electron chi connectivity index (χ1n) is 6.34. The maximum atomic E-state index is 8.93. The monoisotopic (exact) mass is 253 g/mol. The molecule has 0 saturated heterocycles. The lowest BCUT2D eigenvalue weighted by atomic mass is 10.2. The second-order valence-corrected chi connectivity index (χ2v) is 4.30. The molecule has 0 fully saturated rings. The number of benzene rings is 1. The molecule has 0 aromatic heterocycles. The molecule has 0 heterocycles. The Balaban J connectivity index is 2.82. The molecular weight excluding hydrogens is 230 g/mol. The average molecular weight is 253 g/mol. The molecule has 0 saturated carbocycles. The Morgan fingerprint density at radius 3 is 2.22 bits per heavy atom. The van der Waals surface area contributed by atoms with Crippen LogP contribution in [0.15, 0.2) is 18.2 Å². The number of nitrogens with zero attached hydrogens (tertiary/aromatic N) is 1. The predicted octanol–water partition coefficient (Wildman–Crippen LogP) is 1.57. The Morgan fingerprint density at radius 1 is 1.11 bits per heavy atom. The Morgan fingerprint density at radius 2 is 1.72 bits per heavy atom. The normalized spacial score (nSPS) is 10.4. The molecule has 0 spiro atoms. The first-order chi connectivity index (χ1) is 8.72. The maximum Gasteiger partial charge on any atom is 0.123 e. The van der Waals surface area contributed by atoms with Crippen LogP contribution in [0.1, 0.15) is 18.4 Å². The van der Waals surface area contributed by atoms with Crippen LogP contribution in [-0.4, -0.2) is 43.6 Å². The van der Waals surface area contributed by atoms with Crippen LogP contribution in [-0.2, 0) is 0 Å². The smallest absolute Gasteiger partial charge is 0.123 e. The number of methoxy groups -OCH3 is 1. The molecule has 0 aliphatic rings. The molecule has 0 atom stereocenters. The largest absolute Gasteiger partial charge is 0.496 e. The van der Waals surface area contributed by atoms with Crippen LogP contribution in [0.25, 0.3) is 0 Å². The number of anilines is 1. The highest BCUT2D eigenvalue weighted by Crippen LogP contribution is 2.25. The fourth-order valence-electron chi connectivity index (χ4n) is 1.90. The van der Waals surface area contributed by atoms with Gasteiger partial charge in [-0.15, -0.1) is 0 Å². The van der Waals surface area contributed by atoms with E-state index in [0.29, 0.717) is 0 Å². The van der Waals surface area contributed by atoms with Gasteiger partial charge in [0.15, 0.2) is 0 Å². The number of hydrogen-bond donors (Lipinski definition) is 2. The fourth-order valence-corrected chi connectivity index (χ4v) is 1.90. The Kier molecular flexibility index (Phi) is 6.54. The Labute approximate surface area is 109 Å². The molecule has 18 heavy (non-hydrogen) atoms. The van der Waals surface area contributed by atoms with E-state index < -0.39 is 0 Å². The van der Waals surface area contributed by atoms with Crippen LogP contribution in [0.2, 0.25) is 0 Å². The molecule has 0 aliphatic heterocycles. The summed E-state index contributed by atoms with van der Waals surface area (Å²) in [6, 6.07) is 6.08. The van der Waals surface area contributed by atoms with Gasteiger partial charge in [0.2, 0.25) is 0 Å². The lowest BCUT2D eigenvalue weighted by molar-refractivity contribution is 0.282. The van der Waals surface area contributed by atoms with Gasteiger partial charge in [0.05, 0.1) is 7.11 Å². The third kappa shape index (κ3) is 4.20. The van der Waals surface area contributed by atoms with Gasteiger partial charge >= 0.3 is 0 Å². The van der Waals surface area contributed by atoms with E-state index in [2.05, 4.69) is 4.90 Å². The topological polar surface area (TPSA) is 52.9 Å². The molecule has 102 valence electrons. The summed E-state index contributed by atoms with van der Waals surface area (Å²) >= 11 is 0. The van der Waals surface area contributed by atoms with E-state index in [1.54, 1.807) is 7.11 Å². The van der Waals surface area contributed by atoms with Gasteiger partial charge in [-0.25, -0.2) is 0 Å². The van der Waals surface area contributed by atoms with E-state index in [1.165, 1.54) is 0 Å². The zero-order chi connectivity index (χ0) is 13.4. The first-order valence-corrected chi connectivity index (χ1v) is 6.34. The van der Waals surface area contributed by atoms with Crippen molar-refractivity contribution in [3.05, 3.63) is 23.8 Å². The highest BCUT2D eigenvalue weighted by molar-refractivity contribution is 5.53. The number of aliphatic hydroxyl groups excluding tert-OH is 2. The van der Waals surface area contributed by atoms with Crippen LogP contribution in [0.3, 0.4) is 0 Å². The number of rotatable bonds is 8. The number of aryl methyl sites for hydroxylation is 1. The van der Waals surface area contributed by atoms with Crippen LogP contribution >= 0.6 is 0 Å². The summed E-state index contributed by atoms with van der Waals surface area (Å²) in [6.07, 6.45) is 1.45. The first kappa shape index (κ1) is 14.8. The van der Waals surface area contributed by atoms with Gasteiger partial charge in [0.1, 0.15) is 5.75 Å². The molecule has 1 aromatic carbocycles. The summed E-state index contributed by atoms with van der Waals surface area (Å²) in [4.78, 5) is 2.16. The lowest BCUT2D eigenvalue weighted by Crippen LogP contribution is -2.27. The van der Waals surface area contributed by atoms with Gasteiger partial charge < -0.3 is 19.8 Å². The second kappa shape index (κ2) is 7.95. The third-order valence-electron chi connectivity index (χ3n) is 2.93. The number of ether oxygens (including phenoxy) is 1. The van der Waals surface area contributed by atoms with Crippen molar-refractivity contribution in [2.24, 2.45) is 0 Å². The second-order valence-electron chi connectivity index (χ2n) is 4.30. The van der Waals surface area contributed by atoms with Crippen LogP contribution < -0.4 is 9.64 Å². The minimum atomic E-state index is 0.179. The van der Waals surface area contributed by atoms with E-state index in [4.69, 9.17) is 14.9 Å². The van der Waals surface area contributed by atoms with Crippen molar-refractivity contribution in [1.82, 2.24) is 0 Å². The molecule has 0 unspecified atom stereocenters. The van der Waals surface area contributed by atoms with E-state index in [9.17, 15) is 0 Å². The predicted molar refractivity (Wildman–Crippen MR) is 73.3 cm³/mol. The highest BCUT2D eigenvalue weighted by atomic mass is 16.5. The van der Waals surface area contributed by atoms with E-state index >= 15 is 0 Å². The van der Waals surface area contributed by atoms with Gasteiger partial charge in [0.25, 0.3) is 0 Å². The van der Waals surface area contributed by atoms with Gasteiger partial charge in [-0.2, -0.15) is 0 Å². The van der Waals surface area contributed by atoms with Crippen molar-refractivity contribution in [3.63, 3.8) is 0 Å². The van der Waals surface area contributed by atoms with Crippen molar-refractivity contribution in [2.45, 2.75) is 19.8 Å². The van der Waals surface area contributed by atoms with Gasteiger partial charge in [0, 0.05) is 38.1 Å². The molecule has 1 aromatic rings. The fraction of sp³-hybridized carbons (Fsp3) is 0.571. The molecule has 0 bridgehead atoms. The molecule has 4 nitrogen and oxygen atoms in total. The molecule has 2 N–H and O–H groups in total. The summed E-state index contributed by atoms with van der Waals surface area (Å²) in [5.41, 5.74) is 2.17. The summed E-state index contributed by atoms with van der Waals surface area (Å²) in [7, 11) is 1.66. The average Bonchev–Trinajstić information content (AvgIpc) is 2.40. The molecular formula is C14H23NO3. The number of hydrogen-bond acceptors (Lipinski definition) is 4. The van der Waals surface area contributed by atoms with Gasteiger partial charge in [-0.3, -0.25) is 0 Å². The molecule has 0 radical (unpaired) electrons.